The molecule has 0 aliphatic rings. The molecule has 5 nitrogen and oxygen atoms in total. The van der Waals surface area contributed by atoms with Crippen LogP contribution in [0.3, 0.4) is 0 Å². The Bertz CT molecular complexity index is 929. The van der Waals surface area contributed by atoms with Gasteiger partial charge in [0.05, 0.1) is 17.1 Å². The predicted molar refractivity (Wildman–Crippen MR) is 87.4 cm³/mol. The van der Waals surface area contributed by atoms with Crippen LogP contribution in [0.25, 0.3) is 5.65 Å². The lowest BCUT2D eigenvalue weighted by molar-refractivity contribution is 0.600. The molecule has 114 valence electrons. The lowest BCUT2D eigenvalue weighted by atomic mass is 10.1. The van der Waals surface area contributed by atoms with E-state index in [1.165, 1.54) is 0 Å². The molecule has 0 aliphatic heterocycles. The molecule has 1 aromatic carbocycles. The number of nitrogens with one attached hydrogen (secondary N) is 1. The second-order valence-corrected chi connectivity index (χ2v) is 7.08. The van der Waals surface area contributed by atoms with Crippen molar-refractivity contribution in [1.29, 1.82) is 0 Å². The number of hydrogen-bond acceptors (Lipinski definition) is 3. The van der Waals surface area contributed by atoms with Gasteiger partial charge in [-0.25, -0.2) is 13.4 Å². The zero-order valence-corrected chi connectivity index (χ0v) is 13.3. The van der Waals surface area contributed by atoms with E-state index >= 15 is 0 Å². The van der Waals surface area contributed by atoms with E-state index in [1.807, 2.05) is 44.3 Å². The highest BCUT2D eigenvalue weighted by Gasteiger charge is 2.13. The summed E-state index contributed by atoms with van der Waals surface area (Å²) in [4.78, 5) is 4.32. The van der Waals surface area contributed by atoms with Crippen molar-refractivity contribution in [3.05, 3.63) is 65.6 Å². The molecule has 0 amide bonds. The molecule has 0 radical (unpaired) electrons. The zero-order chi connectivity index (χ0) is 15.7. The first kappa shape index (κ1) is 14.6. The number of rotatable bonds is 4. The molecule has 0 fully saturated rings. The van der Waals surface area contributed by atoms with Gasteiger partial charge in [-0.05, 0) is 37.1 Å². The van der Waals surface area contributed by atoms with E-state index in [0.29, 0.717) is 5.69 Å². The van der Waals surface area contributed by atoms with Crippen molar-refractivity contribution in [3.8, 4) is 0 Å². The number of nitrogens with zero attached hydrogens (tertiary/aromatic N) is 2. The predicted octanol–water partition coefficient (Wildman–Crippen LogP) is 2.89. The molecule has 2 aromatic heterocycles. The van der Waals surface area contributed by atoms with Gasteiger partial charge in [-0.2, -0.15) is 0 Å². The average molecular weight is 315 g/mol. The fourth-order valence-electron chi connectivity index (χ4n) is 2.37. The van der Waals surface area contributed by atoms with Crippen LogP contribution < -0.4 is 4.72 Å². The van der Waals surface area contributed by atoms with Crippen molar-refractivity contribution >= 4 is 21.4 Å². The highest BCUT2D eigenvalue weighted by atomic mass is 32.2. The van der Waals surface area contributed by atoms with Crippen LogP contribution in [0.1, 0.15) is 16.8 Å². The van der Waals surface area contributed by atoms with Crippen LogP contribution in [-0.4, -0.2) is 17.8 Å². The van der Waals surface area contributed by atoms with E-state index in [2.05, 4.69) is 9.71 Å². The average Bonchev–Trinajstić information content (AvgIpc) is 2.80. The first-order chi connectivity index (χ1) is 10.4. The molecule has 0 atom stereocenters. The van der Waals surface area contributed by atoms with Gasteiger partial charge in [0.2, 0.25) is 10.0 Å². The van der Waals surface area contributed by atoms with Crippen molar-refractivity contribution in [1.82, 2.24) is 9.38 Å². The highest BCUT2D eigenvalue weighted by Crippen LogP contribution is 2.16. The maximum absolute atomic E-state index is 12.3. The zero-order valence-electron chi connectivity index (χ0n) is 12.4. The molecule has 22 heavy (non-hydrogen) atoms. The fourth-order valence-corrected chi connectivity index (χ4v) is 3.66. The van der Waals surface area contributed by atoms with E-state index < -0.39 is 10.0 Å². The summed E-state index contributed by atoms with van der Waals surface area (Å²) < 4.78 is 29.1. The normalized spacial score (nSPS) is 11.7. The van der Waals surface area contributed by atoms with Gasteiger partial charge in [-0.15, -0.1) is 0 Å². The van der Waals surface area contributed by atoms with Crippen LogP contribution in [0.5, 0.6) is 0 Å². The molecule has 0 aliphatic carbocycles. The summed E-state index contributed by atoms with van der Waals surface area (Å²) in [6.45, 7) is 3.81. The van der Waals surface area contributed by atoms with Crippen molar-refractivity contribution in [2.45, 2.75) is 19.6 Å². The van der Waals surface area contributed by atoms with Gasteiger partial charge in [0.15, 0.2) is 0 Å². The summed E-state index contributed by atoms with van der Waals surface area (Å²) in [5.74, 6) is -0.0410. The molecule has 1 N–H and O–H groups in total. The Labute approximate surface area is 129 Å². The highest BCUT2D eigenvalue weighted by molar-refractivity contribution is 7.91. The van der Waals surface area contributed by atoms with E-state index in [-0.39, 0.29) is 5.75 Å². The lowest BCUT2D eigenvalue weighted by Crippen LogP contribution is -2.16. The largest absolute Gasteiger partial charge is 0.305 e. The van der Waals surface area contributed by atoms with Gasteiger partial charge in [-0.3, -0.25) is 4.72 Å². The Kier molecular flexibility index (Phi) is 3.62. The molecule has 3 aromatic rings. The van der Waals surface area contributed by atoms with Crippen LogP contribution in [0.15, 0.2) is 48.8 Å². The Morgan fingerprint density at radius 1 is 1.09 bits per heavy atom. The monoisotopic (exact) mass is 315 g/mol. The maximum atomic E-state index is 12.3. The summed E-state index contributed by atoms with van der Waals surface area (Å²) in [7, 11) is -3.46. The standard InChI is InChI=1S/C16H17N3O2S/c1-12-5-3-4-6-14(12)11-22(20,21)18-15-7-8-16-17-13(2)9-19(16)10-15/h3-10,18H,11H2,1-2H3. The number of aryl methyl sites for hydroxylation is 2. The van der Waals surface area contributed by atoms with Crippen molar-refractivity contribution in [2.24, 2.45) is 0 Å². The quantitative estimate of drug-likeness (QED) is 0.805. The number of benzene rings is 1. The second kappa shape index (κ2) is 5.46. The van der Waals surface area contributed by atoms with Crippen LogP contribution in [0.4, 0.5) is 5.69 Å². The molecule has 6 heteroatoms. The molecule has 3 rings (SSSR count). The lowest BCUT2D eigenvalue weighted by Gasteiger charge is -2.10. The summed E-state index contributed by atoms with van der Waals surface area (Å²) in [5.41, 5.74) is 3.97. The van der Waals surface area contributed by atoms with Gasteiger partial charge in [0.1, 0.15) is 5.65 Å². The third-order valence-corrected chi connectivity index (χ3v) is 4.69. The van der Waals surface area contributed by atoms with E-state index in [9.17, 15) is 8.42 Å². The third-order valence-electron chi connectivity index (χ3n) is 3.45. The van der Waals surface area contributed by atoms with E-state index in [0.717, 1.165) is 22.5 Å². The first-order valence-corrected chi connectivity index (χ1v) is 8.58. The molecule has 2 heterocycles. The Morgan fingerprint density at radius 3 is 2.64 bits per heavy atom. The first-order valence-electron chi connectivity index (χ1n) is 6.93. The minimum absolute atomic E-state index is 0.0410. The van der Waals surface area contributed by atoms with Crippen LogP contribution >= 0.6 is 0 Å². The van der Waals surface area contributed by atoms with Gasteiger partial charge < -0.3 is 4.40 Å². The Morgan fingerprint density at radius 2 is 1.86 bits per heavy atom. The summed E-state index contributed by atoms with van der Waals surface area (Å²) >= 11 is 0. The molecule has 0 saturated carbocycles. The topological polar surface area (TPSA) is 63.5 Å². The molecule has 0 spiro atoms. The number of fused-ring (bicyclic) bond motifs is 1. The third kappa shape index (κ3) is 3.12. The number of aromatic nitrogens is 2. The number of hydrogen-bond donors (Lipinski definition) is 1. The molecular weight excluding hydrogens is 298 g/mol. The van der Waals surface area contributed by atoms with E-state index in [1.54, 1.807) is 22.7 Å². The van der Waals surface area contributed by atoms with Gasteiger partial charge in [-0.1, -0.05) is 24.3 Å². The van der Waals surface area contributed by atoms with Crippen molar-refractivity contribution < 1.29 is 8.42 Å². The van der Waals surface area contributed by atoms with Crippen LogP contribution in [0, 0.1) is 13.8 Å². The summed E-state index contributed by atoms with van der Waals surface area (Å²) in [6, 6.07) is 11.0. The second-order valence-electron chi connectivity index (χ2n) is 5.35. The fraction of sp³-hybridized carbons (Fsp3) is 0.188. The molecule has 0 unspecified atom stereocenters. The molecule has 0 saturated heterocycles. The molecular formula is C16H17N3O2S. The van der Waals surface area contributed by atoms with Gasteiger partial charge in [0, 0.05) is 12.4 Å². The van der Waals surface area contributed by atoms with Gasteiger partial charge >= 0.3 is 0 Å². The maximum Gasteiger partial charge on any atom is 0.236 e. The smallest absolute Gasteiger partial charge is 0.236 e. The number of anilines is 1. The van der Waals surface area contributed by atoms with Gasteiger partial charge in [0.25, 0.3) is 0 Å². The van der Waals surface area contributed by atoms with Crippen LogP contribution in [-0.2, 0) is 15.8 Å². The minimum atomic E-state index is -3.46. The van der Waals surface area contributed by atoms with Crippen LogP contribution in [0.2, 0.25) is 0 Å². The Balaban J connectivity index is 1.85. The molecule has 0 bridgehead atoms. The van der Waals surface area contributed by atoms with Crippen molar-refractivity contribution in [3.63, 3.8) is 0 Å². The minimum Gasteiger partial charge on any atom is -0.305 e. The summed E-state index contributed by atoms with van der Waals surface area (Å²) in [5, 5.41) is 0. The number of pyridine rings is 1. The SMILES string of the molecule is Cc1cn2cc(NS(=O)(=O)Cc3ccccc3C)ccc2n1. The number of sulfonamides is 1. The van der Waals surface area contributed by atoms with Crippen molar-refractivity contribution in [2.75, 3.05) is 4.72 Å². The summed E-state index contributed by atoms with van der Waals surface area (Å²) in [6.07, 6.45) is 3.58. The van der Waals surface area contributed by atoms with E-state index in [4.69, 9.17) is 0 Å². The Hall–Kier alpha value is -2.34. The number of imidazole rings is 1.